The molecule has 696 valence electrons. The number of alkyl carbamates (subject to hydrolysis) is 1. The van der Waals surface area contributed by atoms with E-state index in [9.17, 15) is 9.59 Å². The number of amides is 1. The molecule has 0 bridgehead atoms. The van der Waals surface area contributed by atoms with E-state index >= 15 is 0 Å². The molecule has 0 aromatic rings. The quantitative estimate of drug-likeness (QED) is 0.0256. The largest absolute Gasteiger partial charge is 0.460 e. The number of hydrogen-bond acceptors (Lipinski definition) is 29. The number of carbonyl (C=O) groups excluding carboxylic acids is 2. The van der Waals surface area contributed by atoms with Crippen molar-refractivity contribution in [1.82, 2.24) is 5.32 Å². The average molecular weight is 2110 g/mol. The summed E-state index contributed by atoms with van der Waals surface area (Å²) < 4.78 is 182. The van der Waals surface area contributed by atoms with Crippen molar-refractivity contribution in [1.29, 1.82) is 0 Å². The van der Waals surface area contributed by atoms with Crippen LogP contribution < -0.4 is 5.32 Å². The normalized spacial score (nSPS) is 15.5. The van der Waals surface area contributed by atoms with Gasteiger partial charge in [0.1, 0.15) is 6.61 Å². The summed E-state index contributed by atoms with van der Waals surface area (Å²) in [5.41, 5.74) is 0.293. The van der Waals surface area contributed by atoms with Crippen LogP contribution in [-0.2, 0) is 117 Å². The van der Waals surface area contributed by atoms with Gasteiger partial charge in [0, 0.05) is 5.57 Å². The molecule has 0 saturated heterocycles. The van der Waals surface area contributed by atoms with Crippen molar-refractivity contribution in [3.8, 4) is 0 Å². The molecule has 0 saturated carbocycles. The van der Waals surface area contributed by atoms with Gasteiger partial charge in [-0.2, -0.15) is 0 Å². The Morgan fingerprint density at radius 1 is 0.239 bits per heavy atom. The van der Waals surface area contributed by atoms with Gasteiger partial charge in [0.05, 0.1) is 13.2 Å². The van der Waals surface area contributed by atoms with Gasteiger partial charge in [0.15, 0.2) is 8.32 Å². The van der Waals surface area contributed by atoms with E-state index in [0.29, 0.717) is 21.8 Å². The van der Waals surface area contributed by atoms with Crippen LogP contribution in [0.15, 0.2) is 12.2 Å². The van der Waals surface area contributed by atoms with Gasteiger partial charge in [-0.25, -0.2) is 9.59 Å². The van der Waals surface area contributed by atoms with Gasteiger partial charge in [-0.3, -0.25) is 0 Å². The topological polar surface area (TPSA) is 295 Å². The molecule has 1 N–H and O–H groups in total. The molecule has 0 unspecified atom stereocenters. The fourth-order valence-electron chi connectivity index (χ4n) is 16.2. The van der Waals surface area contributed by atoms with Crippen molar-refractivity contribution in [3.05, 3.63) is 12.2 Å². The van der Waals surface area contributed by atoms with Crippen LogP contribution >= 0.6 is 0 Å². The molecular weight excluding hydrogens is 1940 g/mol. The minimum atomic E-state index is -2.94. The van der Waals surface area contributed by atoms with E-state index in [0.717, 1.165) is 6.04 Å². The summed E-state index contributed by atoms with van der Waals surface area (Å²) in [5, 5.41) is 2.59. The monoisotopic (exact) mass is 2110 g/mol. The maximum Gasteiger partial charge on any atom is 0.407 e. The number of rotatable bonds is 58. The Hall–Kier alpha value is 3.12. The number of nitrogens with one attached hydrogen (secondary N) is 1. The van der Waals surface area contributed by atoms with Crippen molar-refractivity contribution in [3.63, 3.8) is 0 Å². The van der Waals surface area contributed by atoms with Gasteiger partial charge in [-0.1, -0.05) is 6.58 Å². The Kier molecular flexibility index (Phi) is 44.4. The van der Waals surface area contributed by atoms with E-state index in [1.807, 2.05) is 229 Å². The molecule has 0 rings (SSSR count). The second-order valence-corrected chi connectivity index (χ2v) is 133. The molecular formula is C61H169NO29Si26. The second kappa shape index (κ2) is 43.2. The number of esters is 1. The van der Waals surface area contributed by atoms with Gasteiger partial charge >= 0.3 is 218 Å². The van der Waals surface area contributed by atoms with Gasteiger partial charge in [0.2, 0.25) is 9.76 Å². The molecule has 0 aliphatic rings. The average Bonchev–Trinajstić information content (AvgIpc) is 0.801. The lowest BCUT2D eigenvalue weighted by molar-refractivity contribution is -0.138. The van der Waals surface area contributed by atoms with Crippen LogP contribution in [0.5, 0.6) is 0 Å². The van der Waals surface area contributed by atoms with E-state index in [4.69, 9.17) is 112 Å². The van der Waals surface area contributed by atoms with Gasteiger partial charge in [-0.15, -0.1) is 0 Å². The standard InChI is InChI=1S/C61H169NO29Si26/c1-59(2)60(63)65-57-55-62-61(64)66-56-54-58-93(4,5)68-95(8,9)70-97(12,13)72-99(16,17)74-101(20,21)76-103(24,25)78-105(28,29)80-107(32,33)82-109(36,37)84-111(40,41)86-113(44,45)88-115(48,49)90-117(52,53)91-116(50,51)89-114(46,47)87-112(42,43)85-110(38,39)83-108(34,35)81-106(30,31)79-104(26,27)77-102(22,23)75-100(18,19)73-98(14,15)71-96(10,11)69-94(6,7)67-92-3/h1,54-58H2,2-53H3,(H,62,64). The molecule has 1 amide bonds. The summed E-state index contributed by atoms with van der Waals surface area (Å²) in [5.74, 6) is -0.507. The van der Waals surface area contributed by atoms with E-state index in [2.05, 4.69) is 117 Å². The second-order valence-electron chi connectivity index (χ2n) is 41.2. The first kappa shape index (κ1) is 120. The Labute approximate surface area is 741 Å². The molecule has 0 aliphatic carbocycles. The molecule has 0 aliphatic heterocycles. The van der Waals surface area contributed by atoms with Crippen molar-refractivity contribution in [2.75, 3.05) is 19.8 Å². The van der Waals surface area contributed by atoms with Crippen LogP contribution in [0, 0.1) is 0 Å². The first-order valence-electron chi connectivity index (χ1n) is 40.7. The van der Waals surface area contributed by atoms with Crippen molar-refractivity contribution in [2.24, 2.45) is 0 Å². The Balaban J connectivity index is 5.84. The summed E-state index contributed by atoms with van der Waals surface area (Å²) in [6.07, 6.45) is 0.0518. The molecule has 56 heteroatoms. The zero-order chi connectivity index (χ0) is 93.3. The van der Waals surface area contributed by atoms with Gasteiger partial charge in [-0.05, 0) is 353 Å². The maximum absolute atomic E-state index is 12.2. The smallest absolute Gasteiger partial charge is 0.407 e. The van der Waals surface area contributed by atoms with Crippen LogP contribution in [-0.4, -0.2) is 255 Å². The lowest BCUT2D eigenvalue weighted by Crippen LogP contribution is -2.63. The molecule has 2 radical (unpaired) electrons. The third-order valence-corrected chi connectivity index (χ3v) is 113. The number of carbonyl (C=O) groups is 2. The fourth-order valence-corrected chi connectivity index (χ4v) is 147. The van der Waals surface area contributed by atoms with Crippen LogP contribution in [0.3, 0.4) is 0 Å². The minimum absolute atomic E-state index is 0.0283. The maximum atomic E-state index is 12.2. The number of ether oxygens (including phenoxy) is 2. The number of hydrogen-bond donors (Lipinski definition) is 1. The zero-order valence-corrected chi connectivity index (χ0v) is 109. The Morgan fingerprint density at radius 2 is 0.393 bits per heavy atom. The van der Waals surface area contributed by atoms with Crippen LogP contribution in [0.1, 0.15) is 13.3 Å². The van der Waals surface area contributed by atoms with E-state index in [-0.39, 0.29) is 19.8 Å². The fraction of sp³-hybridized carbons (Fsp3) is 0.934. The highest BCUT2D eigenvalue weighted by Crippen LogP contribution is 2.37. The predicted molar refractivity (Wildman–Crippen MR) is 530 cm³/mol. The minimum Gasteiger partial charge on any atom is -0.460 e. The lowest BCUT2D eigenvalue weighted by Gasteiger charge is -2.45. The molecule has 117 heavy (non-hydrogen) atoms. The van der Waals surface area contributed by atoms with E-state index < -0.39 is 226 Å². The third kappa shape index (κ3) is 56.5. The SMILES string of the molecule is C=C(C)C(=O)OCCNC(=O)OCCC[Si](C)(C)O[Si](C)(C)O[Si](C)(C)O[Si](C)(C)O[Si](C)(C)O[Si](C)(C)O[Si](C)(C)O[Si](C)(C)O[Si](C)(C)O[Si](C)(C)O[Si](C)(C)O[Si](C)(C)O[Si](C)(C)O[Si](C)(C)O[Si](C)(C)O[Si](C)(C)O[Si](C)(C)O[Si](C)(C)O[Si](C)(C)O[Si](C)(C)O[Si](C)(C)O[Si](C)(C)O[Si](C)(C)O[Si](C)(C)O[Si](C)(C)O[Si]C. The molecule has 0 aromatic carbocycles. The van der Waals surface area contributed by atoms with Crippen molar-refractivity contribution in [2.45, 2.75) is 353 Å². The zero-order valence-electron chi connectivity index (χ0n) is 83.1. The van der Waals surface area contributed by atoms with Gasteiger partial charge < -0.3 is 118 Å². The van der Waals surface area contributed by atoms with Crippen LogP contribution in [0.2, 0.25) is 340 Å². The summed E-state index contributed by atoms with van der Waals surface area (Å²) in [4.78, 5) is 23.8. The van der Waals surface area contributed by atoms with Crippen LogP contribution in [0.25, 0.3) is 0 Å². The van der Waals surface area contributed by atoms with E-state index in [1.165, 1.54) is 0 Å². The summed E-state index contributed by atoms with van der Waals surface area (Å²) >= 11 is 0. The molecule has 0 heterocycles. The predicted octanol–water partition coefficient (Wildman–Crippen LogP) is 19.4. The third-order valence-electron chi connectivity index (χ3n) is 14.3. The van der Waals surface area contributed by atoms with E-state index in [1.54, 1.807) is 6.92 Å². The summed E-state index contributed by atoms with van der Waals surface area (Å²) in [7, 11) is -70.2. The molecule has 0 fully saturated rings. The lowest BCUT2D eigenvalue weighted by atomic mass is 10.4. The highest BCUT2D eigenvalue weighted by molar-refractivity contribution is 6.98. The molecule has 0 spiro atoms. The van der Waals surface area contributed by atoms with Crippen LogP contribution in [0.4, 0.5) is 4.79 Å². The summed E-state index contributed by atoms with van der Waals surface area (Å²) in [6, 6.07) is 0.752. The summed E-state index contributed by atoms with van der Waals surface area (Å²) in [6.45, 7) is 110. The first-order valence-corrected chi connectivity index (χ1v) is 113. The van der Waals surface area contributed by atoms with Crippen molar-refractivity contribution < 1.29 is 122 Å². The molecule has 30 nitrogen and oxygen atoms in total. The highest BCUT2D eigenvalue weighted by atomic mass is 28.6. The highest BCUT2D eigenvalue weighted by Gasteiger charge is 2.57. The van der Waals surface area contributed by atoms with Gasteiger partial charge in [0.25, 0.3) is 0 Å². The molecule has 0 atom stereocenters. The molecule has 0 aromatic heterocycles. The Morgan fingerprint density at radius 3 is 0.547 bits per heavy atom. The van der Waals surface area contributed by atoms with Crippen molar-refractivity contribution >= 4 is 236 Å². The first-order chi connectivity index (χ1) is 50.8. The Bertz CT molecular complexity index is 3150.